The van der Waals surface area contributed by atoms with Crippen LogP contribution < -0.4 is 5.32 Å². The van der Waals surface area contributed by atoms with E-state index < -0.39 is 0 Å². The summed E-state index contributed by atoms with van der Waals surface area (Å²) in [5, 5.41) is 3.42. The third-order valence-corrected chi connectivity index (χ3v) is 5.58. The first-order valence-electron chi connectivity index (χ1n) is 8.38. The predicted octanol–water partition coefficient (Wildman–Crippen LogP) is 3.94. The van der Waals surface area contributed by atoms with Crippen molar-refractivity contribution in [2.75, 3.05) is 26.7 Å². The highest BCUT2D eigenvalue weighted by Crippen LogP contribution is 2.40. The number of halogens is 1. The van der Waals surface area contributed by atoms with Crippen molar-refractivity contribution >= 4 is 12.4 Å². The van der Waals surface area contributed by atoms with Crippen LogP contribution in [-0.4, -0.2) is 37.6 Å². The summed E-state index contributed by atoms with van der Waals surface area (Å²) in [4.78, 5) is 2.72. The van der Waals surface area contributed by atoms with Gasteiger partial charge in [0.25, 0.3) is 0 Å². The minimum absolute atomic E-state index is 0. The first-order chi connectivity index (χ1) is 8.99. The maximum absolute atomic E-state index is 3.42. The molecule has 0 aromatic heterocycles. The molecule has 3 heteroatoms. The molecular formula is C17H35ClN2. The van der Waals surface area contributed by atoms with Crippen LogP contribution in [0, 0.1) is 17.3 Å². The smallest absolute Gasteiger partial charge is 0.00884 e. The van der Waals surface area contributed by atoms with Gasteiger partial charge in [0.15, 0.2) is 0 Å². The van der Waals surface area contributed by atoms with Crippen LogP contribution in [-0.2, 0) is 0 Å². The molecule has 2 aliphatic rings. The van der Waals surface area contributed by atoms with Crippen LogP contribution >= 0.6 is 12.4 Å². The molecule has 1 aliphatic heterocycles. The van der Waals surface area contributed by atoms with Gasteiger partial charge in [-0.25, -0.2) is 0 Å². The van der Waals surface area contributed by atoms with E-state index in [1.165, 1.54) is 58.2 Å². The van der Waals surface area contributed by atoms with Gasteiger partial charge in [-0.05, 0) is 75.9 Å². The minimum atomic E-state index is 0. The molecule has 1 saturated carbocycles. The normalized spacial score (nSPS) is 30.0. The molecule has 1 aliphatic carbocycles. The largest absolute Gasteiger partial charge is 0.317 e. The van der Waals surface area contributed by atoms with Gasteiger partial charge < -0.3 is 10.2 Å². The second kappa shape index (κ2) is 8.00. The third-order valence-electron chi connectivity index (χ3n) is 5.58. The van der Waals surface area contributed by atoms with Gasteiger partial charge in [0, 0.05) is 12.6 Å². The number of hydrogen-bond donors (Lipinski definition) is 1. The Morgan fingerprint density at radius 1 is 0.950 bits per heavy atom. The number of rotatable bonds is 3. The lowest BCUT2D eigenvalue weighted by molar-refractivity contribution is 0.111. The summed E-state index contributed by atoms with van der Waals surface area (Å²) >= 11 is 0. The molecule has 1 saturated heterocycles. The minimum Gasteiger partial charge on any atom is -0.317 e. The van der Waals surface area contributed by atoms with Gasteiger partial charge >= 0.3 is 0 Å². The van der Waals surface area contributed by atoms with Gasteiger partial charge in [-0.3, -0.25) is 0 Å². The lowest BCUT2D eigenvalue weighted by Gasteiger charge is -2.39. The van der Waals surface area contributed by atoms with Gasteiger partial charge in [0.05, 0.1) is 0 Å². The van der Waals surface area contributed by atoms with Gasteiger partial charge in [-0.2, -0.15) is 0 Å². The zero-order chi connectivity index (χ0) is 13.9. The van der Waals surface area contributed by atoms with Crippen LogP contribution in [0.5, 0.6) is 0 Å². The molecule has 0 unspecified atom stereocenters. The summed E-state index contributed by atoms with van der Waals surface area (Å²) in [6.45, 7) is 11.2. The van der Waals surface area contributed by atoms with Crippen molar-refractivity contribution in [1.82, 2.24) is 10.2 Å². The Morgan fingerprint density at radius 3 is 1.95 bits per heavy atom. The Balaban J connectivity index is 0.00000200. The van der Waals surface area contributed by atoms with Crippen molar-refractivity contribution in [2.24, 2.45) is 17.3 Å². The van der Waals surface area contributed by atoms with E-state index in [1.807, 2.05) is 0 Å². The monoisotopic (exact) mass is 302 g/mol. The zero-order valence-corrected chi connectivity index (χ0v) is 14.8. The number of nitrogens with zero attached hydrogens (tertiary/aromatic N) is 1. The number of piperidine rings is 1. The molecule has 1 heterocycles. The molecule has 20 heavy (non-hydrogen) atoms. The second-order valence-electron chi connectivity index (χ2n) is 7.95. The van der Waals surface area contributed by atoms with E-state index in [0.717, 1.165) is 17.9 Å². The number of hydrogen-bond acceptors (Lipinski definition) is 2. The predicted molar refractivity (Wildman–Crippen MR) is 90.7 cm³/mol. The van der Waals surface area contributed by atoms with Gasteiger partial charge in [-0.15, -0.1) is 12.4 Å². The molecular weight excluding hydrogens is 268 g/mol. The van der Waals surface area contributed by atoms with Crippen molar-refractivity contribution < 1.29 is 0 Å². The van der Waals surface area contributed by atoms with E-state index in [4.69, 9.17) is 0 Å². The Morgan fingerprint density at radius 2 is 1.50 bits per heavy atom. The van der Waals surface area contributed by atoms with Crippen molar-refractivity contribution in [3.05, 3.63) is 0 Å². The fourth-order valence-electron chi connectivity index (χ4n) is 3.98. The summed E-state index contributed by atoms with van der Waals surface area (Å²) in [5.41, 5.74) is 0.524. The van der Waals surface area contributed by atoms with Crippen LogP contribution in [0.15, 0.2) is 0 Å². The molecule has 0 aromatic rings. The first-order valence-corrected chi connectivity index (χ1v) is 8.38. The van der Waals surface area contributed by atoms with Crippen LogP contribution in [0.25, 0.3) is 0 Å². The fraction of sp³-hybridized carbons (Fsp3) is 1.00. The van der Waals surface area contributed by atoms with E-state index >= 15 is 0 Å². The number of likely N-dealkylation sites (tertiary alicyclic amines) is 1. The average Bonchev–Trinajstić information content (AvgIpc) is 2.39. The SMILES string of the molecule is CNC1CCN(CC2CCC(C(C)(C)C)CC2)CC1.Cl. The maximum Gasteiger partial charge on any atom is 0.00884 e. The highest BCUT2D eigenvalue weighted by Gasteiger charge is 2.30. The summed E-state index contributed by atoms with van der Waals surface area (Å²) in [5.74, 6) is 1.93. The van der Waals surface area contributed by atoms with E-state index in [-0.39, 0.29) is 12.4 Å². The third kappa shape index (κ3) is 5.20. The topological polar surface area (TPSA) is 15.3 Å². The molecule has 0 amide bonds. The summed E-state index contributed by atoms with van der Waals surface area (Å²) in [7, 11) is 2.11. The molecule has 120 valence electrons. The van der Waals surface area contributed by atoms with Gasteiger partial charge in [0.1, 0.15) is 0 Å². The van der Waals surface area contributed by atoms with Crippen LogP contribution in [0.2, 0.25) is 0 Å². The fourth-order valence-corrected chi connectivity index (χ4v) is 3.98. The van der Waals surface area contributed by atoms with Crippen molar-refractivity contribution in [1.29, 1.82) is 0 Å². The average molecular weight is 303 g/mol. The molecule has 2 rings (SSSR count). The lowest BCUT2D eigenvalue weighted by Crippen LogP contribution is -2.43. The van der Waals surface area contributed by atoms with Crippen molar-refractivity contribution in [3.63, 3.8) is 0 Å². The molecule has 0 spiro atoms. The van der Waals surface area contributed by atoms with E-state index in [0.29, 0.717) is 5.41 Å². The highest BCUT2D eigenvalue weighted by molar-refractivity contribution is 5.85. The van der Waals surface area contributed by atoms with Crippen LogP contribution in [0.3, 0.4) is 0 Å². The van der Waals surface area contributed by atoms with E-state index in [2.05, 4.69) is 38.0 Å². The standard InChI is InChI=1S/C17H34N2.ClH/c1-17(2,3)15-7-5-14(6-8-15)13-19-11-9-16(18-4)10-12-19;/h14-16,18H,5-13H2,1-4H3;1H. The lowest BCUT2D eigenvalue weighted by atomic mass is 9.70. The van der Waals surface area contributed by atoms with Crippen molar-refractivity contribution in [3.8, 4) is 0 Å². The Hall–Kier alpha value is 0.210. The van der Waals surface area contributed by atoms with Gasteiger partial charge in [-0.1, -0.05) is 20.8 Å². The highest BCUT2D eigenvalue weighted by atomic mass is 35.5. The quantitative estimate of drug-likeness (QED) is 0.849. The Kier molecular flexibility index (Phi) is 7.31. The maximum atomic E-state index is 3.42. The molecule has 0 atom stereocenters. The number of nitrogens with one attached hydrogen (secondary N) is 1. The van der Waals surface area contributed by atoms with Crippen LogP contribution in [0.4, 0.5) is 0 Å². The first kappa shape index (κ1) is 18.3. The van der Waals surface area contributed by atoms with E-state index in [9.17, 15) is 0 Å². The van der Waals surface area contributed by atoms with Crippen LogP contribution in [0.1, 0.15) is 59.3 Å². The molecule has 0 bridgehead atoms. The second-order valence-corrected chi connectivity index (χ2v) is 7.95. The molecule has 2 nitrogen and oxygen atoms in total. The van der Waals surface area contributed by atoms with E-state index in [1.54, 1.807) is 0 Å². The summed E-state index contributed by atoms with van der Waals surface area (Å²) in [6.07, 6.45) is 8.53. The Labute approximate surface area is 132 Å². The summed E-state index contributed by atoms with van der Waals surface area (Å²) in [6, 6.07) is 0.771. The van der Waals surface area contributed by atoms with Crippen molar-refractivity contribution in [2.45, 2.75) is 65.3 Å². The molecule has 0 radical (unpaired) electrons. The molecule has 2 fully saturated rings. The molecule has 1 N–H and O–H groups in total. The summed E-state index contributed by atoms with van der Waals surface area (Å²) < 4.78 is 0. The zero-order valence-electron chi connectivity index (χ0n) is 14.0. The van der Waals surface area contributed by atoms with Gasteiger partial charge in [0.2, 0.25) is 0 Å². The molecule has 0 aromatic carbocycles. The Bertz CT molecular complexity index is 259.